The molecule has 0 bridgehead atoms. The molecule has 1 amide bonds. The van der Waals surface area contributed by atoms with Crippen LogP contribution in [0, 0.1) is 0 Å². The summed E-state index contributed by atoms with van der Waals surface area (Å²) < 4.78 is 0. The highest BCUT2D eigenvalue weighted by atomic mass is 16.3. The van der Waals surface area contributed by atoms with Crippen molar-refractivity contribution in [2.24, 2.45) is 0 Å². The third-order valence-corrected chi connectivity index (χ3v) is 3.62. The molecule has 0 aliphatic carbocycles. The van der Waals surface area contributed by atoms with Gasteiger partial charge in [-0.05, 0) is 31.5 Å². The molecule has 2 atom stereocenters. The van der Waals surface area contributed by atoms with Gasteiger partial charge in [-0.3, -0.25) is 4.79 Å². The molecule has 0 heterocycles. The van der Waals surface area contributed by atoms with Crippen molar-refractivity contribution in [2.75, 3.05) is 18.0 Å². The van der Waals surface area contributed by atoms with Crippen LogP contribution in [0.1, 0.15) is 25.5 Å². The van der Waals surface area contributed by atoms with E-state index in [-0.39, 0.29) is 18.5 Å². The Morgan fingerprint density at radius 2 is 1.61 bits per heavy atom. The van der Waals surface area contributed by atoms with Gasteiger partial charge in [0.15, 0.2) is 0 Å². The SMILES string of the molecule is C[C@H](O)CN(CC(=O)N[C@H](C)c1ccccc1)c1ccccc1. The average Bonchev–Trinajstić information content (AvgIpc) is 2.55. The summed E-state index contributed by atoms with van der Waals surface area (Å²) in [5.74, 6) is -0.0640. The average molecular weight is 312 g/mol. The number of nitrogens with one attached hydrogen (secondary N) is 1. The Balaban J connectivity index is 2.00. The minimum absolute atomic E-state index is 0.0483. The van der Waals surface area contributed by atoms with Crippen molar-refractivity contribution >= 4 is 11.6 Å². The fourth-order valence-electron chi connectivity index (χ4n) is 2.50. The van der Waals surface area contributed by atoms with Crippen molar-refractivity contribution in [1.82, 2.24) is 5.32 Å². The van der Waals surface area contributed by atoms with Gasteiger partial charge in [-0.25, -0.2) is 0 Å². The third kappa shape index (κ3) is 5.42. The zero-order chi connectivity index (χ0) is 16.7. The highest BCUT2D eigenvalue weighted by Crippen LogP contribution is 2.15. The molecule has 4 heteroatoms. The number of para-hydroxylation sites is 1. The number of hydrogen-bond acceptors (Lipinski definition) is 3. The van der Waals surface area contributed by atoms with E-state index in [0.29, 0.717) is 6.54 Å². The summed E-state index contributed by atoms with van der Waals surface area (Å²) >= 11 is 0. The molecular weight excluding hydrogens is 288 g/mol. The maximum absolute atomic E-state index is 12.4. The lowest BCUT2D eigenvalue weighted by Gasteiger charge is -2.26. The molecule has 4 nitrogen and oxygen atoms in total. The van der Waals surface area contributed by atoms with Gasteiger partial charge in [0.2, 0.25) is 5.91 Å². The standard InChI is InChI=1S/C19H24N2O2/c1-15(22)13-21(18-11-7-4-8-12-18)14-19(23)20-16(2)17-9-5-3-6-10-17/h3-12,15-16,22H,13-14H2,1-2H3,(H,20,23)/t15-,16+/m0/s1. The fourth-order valence-corrected chi connectivity index (χ4v) is 2.50. The van der Waals surface area contributed by atoms with E-state index in [1.807, 2.05) is 72.5 Å². The lowest BCUT2D eigenvalue weighted by Crippen LogP contribution is -2.41. The highest BCUT2D eigenvalue weighted by Gasteiger charge is 2.15. The first-order valence-corrected chi connectivity index (χ1v) is 7.88. The molecule has 0 radical (unpaired) electrons. The summed E-state index contributed by atoms with van der Waals surface area (Å²) in [6.45, 7) is 4.32. The van der Waals surface area contributed by atoms with Crippen molar-refractivity contribution in [3.8, 4) is 0 Å². The molecule has 23 heavy (non-hydrogen) atoms. The number of carbonyl (C=O) groups is 1. The molecule has 0 aliphatic heterocycles. The van der Waals surface area contributed by atoms with Crippen LogP contribution in [0.5, 0.6) is 0 Å². The molecule has 0 spiro atoms. The van der Waals surface area contributed by atoms with Crippen LogP contribution < -0.4 is 10.2 Å². The van der Waals surface area contributed by atoms with E-state index < -0.39 is 6.10 Å². The van der Waals surface area contributed by atoms with Gasteiger partial charge in [-0.1, -0.05) is 48.5 Å². The first-order valence-electron chi connectivity index (χ1n) is 7.88. The minimum Gasteiger partial charge on any atom is -0.392 e. The van der Waals surface area contributed by atoms with Gasteiger partial charge in [0.1, 0.15) is 0 Å². The summed E-state index contributed by atoms with van der Waals surface area (Å²) in [4.78, 5) is 14.2. The van der Waals surface area contributed by atoms with Gasteiger partial charge in [0, 0.05) is 12.2 Å². The number of aliphatic hydroxyl groups is 1. The molecular formula is C19H24N2O2. The predicted octanol–water partition coefficient (Wildman–Crippen LogP) is 2.75. The zero-order valence-corrected chi connectivity index (χ0v) is 13.6. The lowest BCUT2D eigenvalue weighted by molar-refractivity contribution is -0.120. The number of nitrogens with zero attached hydrogens (tertiary/aromatic N) is 1. The monoisotopic (exact) mass is 312 g/mol. The van der Waals surface area contributed by atoms with Crippen LogP contribution in [0.3, 0.4) is 0 Å². The van der Waals surface area contributed by atoms with Crippen molar-refractivity contribution < 1.29 is 9.90 Å². The van der Waals surface area contributed by atoms with Crippen LogP contribution in [0.15, 0.2) is 60.7 Å². The Labute approximate surface area is 137 Å². The third-order valence-electron chi connectivity index (χ3n) is 3.62. The fraction of sp³-hybridized carbons (Fsp3) is 0.316. The van der Waals surface area contributed by atoms with E-state index in [0.717, 1.165) is 11.3 Å². The predicted molar refractivity (Wildman–Crippen MR) is 93.3 cm³/mol. The Morgan fingerprint density at radius 1 is 1.04 bits per heavy atom. The lowest BCUT2D eigenvalue weighted by atomic mass is 10.1. The molecule has 122 valence electrons. The minimum atomic E-state index is -0.505. The van der Waals surface area contributed by atoms with E-state index >= 15 is 0 Å². The van der Waals surface area contributed by atoms with Gasteiger partial charge < -0.3 is 15.3 Å². The van der Waals surface area contributed by atoms with E-state index in [1.54, 1.807) is 6.92 Å². The van der Waals surface area contributed by atoms with E-state index in [2.05, 4.69) is 5.32 Å². The first kappa shape index (κ1) is 17.0. The summed E-state index contributed by atoms with van der Waals surface area (Å²) in [5, 5.41) is 12.7. The number of amides is 1. The number of aliphatic hydroxyl groups excluding tert-OH is 1. The first-order chi connectivity index (χ1) is 11.1. The van der Waals surface area contributed by atoms with E-state index in [4.69, 9.17) is 0 Å². The second-order valence-corrected chi connectivity index (χ2v) is 5.76. The Kier molecular flexibility index (Phi) is 6.18. The van der Waals surface area contributed by atoms with Crippen molar-refractivity contribution in [1.29, 1.82) is 0 Å². The summed E-state index contributed by atoms with van der Waals surface area (Å²) in [6, 6.07) is 19.5. The molecule has 0 fully saturated rings. The Morgan fingerprint density at radius 3 is 2.17 bits per heavy atom. The van der Waals surface area contributed by atoms with Crippen LogP contribution in [0.25, 0.3) is 0 Å². The molecule has 0 unspecified atom stereocenters. The van der Waals surface area contributed by atoms with Gasteiger partial charge in [-0.2, -0.15) is 0 Å². The molecule has 0 aromatic heterocycles. The smallest absolute Gasteiger partial charge is 0.239 e. The summed E-state index contributed by atoms with van der Waals surface area (Å²) in [6.07, 6.45) is -0.505. The number of benzene rings is 2. The molecule has 2 aromatic carbocycles. The zero-order valence-electron chi connectivity index (χ0n) is 13.6. The van der Waals surface area contributed by atoms with E-state index in [9.17, 15) is 9.90 Å². The van der Waals surface area contributed by atoms with E-state index in [1.165, 1.54) is 0 Å². The number of carbonyl (C=O) groups excluding carboxylic acids is 1. The maximum atomic E-state index is 12.4. The normalized spacial score (nSPS) is 13.2. The Bertz CT molecular complexity index is 599. The molecule has 0 saturated heterocycles. The summed E-state index contributed by atoms with van der Waals surface area (Å²) in [5.41, 5.74) is 2.00. The topological polar surface area (TPSA) is 52.6 Å². The van der Waals surface area contributed by atoms with Crippen LogP contribution >= 0.6 is 0 Å². The molecule has 0 aliphatic rings. The second kappa shape index (κ2) is 8.34. The van der Waals surface area contributed by atoms with Gasteiger partial charge in [0.25, 0.3) is 0 Å². The van der Waals surface area contributed by atoms with Gasteiger partial charge in [0.05, 0.1) is 18.7 Å². The van der Waals surface area contributed by atoms with Crippen LogP contribution in [0.2, 0.25) is 0 Å². The van der Waals surface area contributed by atoms with Crippen LogP contribution in [0.4, 0.5) is 5.69 Å². The van der Waals surface area contributed by atoms with Crippen LogP contribution in [-0.4, -0.2) is 30.2 Å². The van der Waals surface area contributed by atoms with Gasteiger partial charge >= 0.3 is 0 Å². The van der Waals surface area contributed by atoms with Crippen LogP contribution in [-0.2, 0) is 4.79 Å². The number of rotatable bonds is 7. The Hall–Kier alpha value is -2.33. The molecule has 2 aromatic rings. The number of anilines is 1. The van der Waals surface area contributed by atoms with Crippen molar-refractivity contribution in [3.05, 3.63) is 66.2 Å². The maximum Gasteiger partial charge on any atom is 0.239 e. The molecule has 2 N–H and O–H groups in total. The highest BCUT2D eigenvalue weighted by molar-refractivity contribution is 5.81. The molecule has 0 saturated carbocycles. The molecule has 2 rings (SSSR count). The van der Waals surface area contributed by atoms with Crippen molar-refractivity contribution in [2.45, 2.75) is 26.0 Å². The van der Waals surface area contributed by atoms with Crippen molar-refractivity contribution in [3.63, 3.8) is 0 Å². The largest absolute Gasteiger partial charge is 0.392 e. The van der Waals surface area contributed by atoms with Gasteiger partial charge in [-0.15, -0.1) is 0 Å². The summed E-state index contributed by atoms with van der Waals surface area (Å²) in [7, 11) is 0. The quantitative estimate of drug-likeness (QED) is 0.826. The second-order valence-electron chi connectivity index (χ2n) is 5.76. The number of hydrogen-bond donors (Lipinski definition) is 2.